The summed E-state index contributed by atoms with van der Waals surface area (Å²) < 4.78 is 0. The zero-order chi connectivity index (χ0) is 12.3. The van der Waals surface area contributed by atoms with Crippen molar-refractivity contribution >= 4 is 17.5 Å². The van der Waals surface area contributed by atoms with Crippen LogP contribution < -0.4 is 5.73 Å². The molecular weight excluding hydrogens is 232 g/mol. The first-order valence-electron chi connectivity index (χ1n) is 5.67. The molecule has 0 saturated carbocycles. The van der Waals surface area contributed by atoms with Crippen molar-refractivity contribution in [2.45, 2.75) is 18.8 Å². The number of carbonyl (C=O) groups is 1. The smallest absolute Gasteiger partial charge is 0.182 e. The van der Waals surface area contributed by atoms with Gasteiger partial charge in [-0.15, -0.1) is 0 Å². The normalized spacial score (nSPS) is 19.3. The van der Waals surface area contributed by atoms with Gasteiger partial charge in [0, 0.05) is 16.7 Å². The van der Waals surface area contributed by atoms with Crippen LogP contribution in [0.4, 0.5) is 0 Å². The molecule has 3 nitrogen and oxygen atoms in total. The minimum Gasteiger partial charge on any atom is -0.345 e. The van der Waals surface area contributed by atoms with Crippen LogP contribution in [-0.4, -0.2) is 22.7 Å². The van der Waals surface area contributed by atoms with E-state index in [9.17, 15) is 4.79 Å². The van der Waals surface area contributed by atoms with Gasteiger partial charge in [0.1, 0.15) is 5.50 Å². The zero-order valence-corrected chi connectivity index (χ0v) is 10.6. The van der Waals surface area contributed by atoms with Gasteiger partial charge in [-0.1, -0.05) is 49.0 Å². The number of hydrogen-bond acceptors (Lipinski definition) is 4. The van der Waals surface area contributed by atoms with Crippen LogP contribution >= 0.6 is 11.8 Å². The highest BCUT2D eigenvalue weighted by atomic mass is 32.2. The SMILES string of the molecule is CCC1=CN(CC(=O)c2ccccc2)C(N)S1. The van der Waals surface area contributed by atoms with Gasteiger partial charge in [-0.2, -0.15) is 0 Å². The van der Waals surface area contributed by atoms with E-state index in [-0.39, 0.29) is 11.3 Å². The van der Waals surface area contributed by atoms with Gasteiger partial charge in [0.25, 0.3) is 0 Å². The molecule has 0 aliphatic carbocycles. The summed E-state index contributed by atoms with van der Waals surface area (Å²) in [6.07, 6.45) is 2.96. The van der Waals surface area contributed by atoms with Gasteiger partial charge in [0.05, 0.1) is 6.54 Å². The van der Waals surface area contributed by atoms with Gasteiger partial charge in [-0.25, -0.2) is 0 Å². The molecule has 0 radical (unpaired) electrons. The van der Waals surface area contributed by atoms with E-state index in [1.165, 1.54) is 4.91 Å². The van der Waals surface area contributed by atoms with Gasteiger partial charge in [-0.3, -0.25) is 4.79 Å². The largest absolute Gasteiger partial charge is 0.345 e. The Balaban J connectivity index is 2.02. The molecule has 0 saturated heterocycles. The molecule has 90 valence electrons. The molecule has 2 N–H and O–H groups in total. The number of nitrogens with zero attached hydrogens (tertiary/aromatic N) is 1. The van der Waals surface area contributed by atoms with E-state index in [2.05, 4.69) is 6.92 Å². The van der Waals surface area contributed by atoms with Crippen LogP contribution in [0.3, 0.4) is 0 Å². The number of allylic oxidation sites excluding steroid dienone is 1. The summed E-state index contributed by atoms with van der Waals surface area (Å²) in [5, 5.41) is 0. The summed E-state index contributed by atoms with van der Waals surface area (Å²) in [5.41, 5.74) is 6.57. The third-order valence-electron chi connectivity index (χ3n) is 2.68. The first kappa shape index (κ1) is 12.2. The molecule has 0 spiro atoms. The molecule has 1 heterocycles. The Kier molecular flexibility index (Phi) is 3.86. The van der Waals surface area contributed by atoms with Crippen LogP contribution in [0.25, 0.3) is 0 Å². The molecule has 0 bridgehead atoms. The average Bonchev–Trinajstić information content (AvgIpc) is 2.71. The number of Topliss-reactive ketones (excluding diaryl/α,β-unsaturated/α-hetero) is 1. The number of nitrogens with two attached hydrogens (primary N) is 1. The van der Waals surface area contributed by atoms with E-state index >= 15 is 0 Å². The predicted octanol–water partition coefficient (Wildman–Crippen LogP) is 2.41. The fourth-order valence-corrected chi connectivity index (χ4v) is 2.65. The Hall–Kier alpha value is -1.26. The molecule has 1 atom stereocenters. The Labute approximate surface area is 106 Å². The maximum atomic E-state index is 12.0. The van der Waals surface area contributed by atoms with Gasteiger partial charge < -0.3 is 10.6 Å². The number of benzene rings is 1. The Morgan fingerprint density at radius 1 is 1.41 bits per heavy atom. The topological polar surface area (TPSA) is 46.3 Å². The average molecular weight is 248 g/mol. The molecule has 4 heteroatoms. The molecule has 1 aromatic rings. The predicted molar refractivity (Wildman–Crippen MR) is 71.4 cm³/mol. The van der Waals surface area contributed by atoms with Crippen LogP contribution in [-0.2, 0) is 0 Å². The molecule has 2 rings (SSSR count). The number of carbonyl (C=O) groups excluding carboxylic acids is 1. The molecule has 1 unspecified atom stereocenters. The Bertz CT molecular complexity index is 430. The van der Waals surface area contributed by atoms with Crippen LogP contribution in [0.1, 0.15) is 23.7 Å². The first-order chi connectivity index (χ1) is 8.20. The van der Waals surface area contributed by atoms with Crippen molar-refractivity contribution in [1.29, 1.82) is 0 Å². The lowest BCUT2D eigenvalue weighted by Gasteiger charge is -2.19. The van der Waals surface area contributed by atoms with Crippen molar-refractivity contribution in [3.05, 3.63) is 47.0 Å². The highest BCUT2D eigenvalue weighted by molar-refractivity contribution is 8.03. The minimum absolute atomic E-state index is 0.107. The molecule has 1 aliphatic heterocycles. The van der Waals surface area contributed by atoms with Crippen LogP contribution in [0.2, 0.25) is 0 Å². The van der Waals surface area contributed by atoms with E-state index < -0.39 is 0 Å². The van der Waals surface area contributed by atoms with Crippen molar-refractivity contribution in [3.8, 4) is 0 Å². The lowest BCUT2D eigenvalue weighted by molar-refractivity contribution is 0.0953. The van der Waals surface area contributed by atoms with Crippen LogP contribution in [0.15, 0.2) is 41.4 Å². The van der Waals surface area contributed by atoms with Gasteiger partial charge >= 0.3 is 0 Å². The van der Waals surface area contributed by atoms with Gasteiger partial charge in [0.2, 0.25) is 0 Å². The summed E-state index contributed by atoms with van der Waals surface area (Å²) in [4.78, 5) is 15.1. The molecule has 1 aromatic carbocycles. The molecule has 0 fully saturated rings. The van der Waals surface area contributed by atoms with Crippen molar-refractivity contribution in [2.75, 3.05) is 6.54 Å². The zero-order valence-electron chi connectivity index (χ0n) is 9.80. The number of thioether (sulfide) groups is 1. The number of ketones is 1. The molecular formula is C13H16N2OS. The highest BCUT2D eigenvalue weighted by Gasteiger charge is 2.22. The highest BCUT2D eigenvalue weighted by Crippen LogP contribution is 2.31. The van der Waals surface area contributed by atoms with Crippen molar-refractivity contribution in [1.82, 2.24) is 4.90 Å². The van der Waals surface area contributed by atoms with Crippen molar-refractivity contribution in [2.24, 2.45) is 5.73 Å². The lowest BCUT2D eigenvalue weighted by Crippen LogP contribution is -2.36. The number of hydrogen-bond donors (Lipinski definition) is 1. The summed E-state index contributed by atoms with van der Waals surface area (Å²) in [5.74, 6) is 0.107. The maximum Gasteiger partial charge on any atom is 0.182 e. The van der Waals surface area contributed by atoms with Crippen molar-refractivity contribution < 1.29 is 4.79 Å². The summed E-state index contributed by atoms with van der Waals surface area (Å²) in [6.45, 7) is 2.44. The number of rotatable bonds is 4. The minimum atomic E-state index is -0.127. The summed E-state index contributed by atoms with van der Waals surface area (Å²) >= 11 is 1.62. The summed E-state index contributed by atoms with van der Waals surface area (Å²) in [7, 11) is 0. The van der Waals surface area contributed by atoms with E-state index in [0.717, 1.165) is 12.0 Å². The Morgan fingerprint density at radius 3 is 2.71 bits per heavy atom. The van der Waals surface area contributed by atoms with E-state index in [1.54, 1.807) is 11.8 Å². The Morgan fingerprint density at radius 2 is 2.12 bits per heavy atom. The summed E-state index contributed by atoms with van der Waals surface area (Å²) in [6, 6.07) is 9.32. The third-order valence-corrected chi connectivity index (χ3v) is 3.89. The maximum absolute atomic E-state index is 12.0. The molecule has 1 aliphatic rings. The van der Waals surface area contributed by atoms with Crippen LogP contribution in [0.5, 0.6) is 0 Å². The molecule has 0 amide bonds. The second-order valence-corrected chi connectivity index (χ2v) is 5.16. The van der Waals surface area contributed by atoms with E-state index in [1.807, 2.05) is 41.4 Å². The second kappa shape index (κ2) is 5.38. The fourth-order valence-electron chi connectivity index (χ4n) is 1.70. The fraction of sp³-hybridized carbons (Fsp3) is 0.308. The third kappa shape index (κ3) is 2.90. The van der Waals surface area contributed by atoms with Crippen LogP contribution in [0, 0.1) is 0 Å². The van der Waals surface area contributed by atoms with Gasteiger partial charge in [0.15, 0.2) is 5.78 Å². The molecule has 17 heavy (non-hydrogen) atoms. The monoisotopic (exact) mass is 248 g/mol. The van der Waals surface area contributed by atoms with Crippen molar-refractivity contribution in [3.63, 3.8) is 0 Å². The second-order valence-electron chi connectivity index (χ2n) is 3.92. The van der Waals surface area contributed by atoms with E-state index in [0.29, 0.717) is 6.54 Å². The quantitative estimate of drug-likeness (QED) is 0.831. The first-order valence-corrected chi connectivity index (χ1v) is 6.55. The van der Waals surface area contributed by atoms with E-state index in [4.69, 9.17) is 5.73 Å². The lowest BCUT2D eigenvalue weighted by atomic mass is 10.1. The van der Waals surface area contributed by atoms with Gasteiger partial charge in [-0.05, 0) is 6.42 Å². The standard InChI is InChI=1S/C13H16N2OS/c1-2-11-8-15(13(14)17-11)9-12(16)10-6-4-3-5-7-10/h3-8,13H,2,9,14H2,1H3. The molecule has 0 aromatic heterocycles.